The van der Waals surface area contributed by atoms with Gasteiger partial charge >= 0.3 is 5.97 Å². The van der Waals surface area contributed by atoms with Gasteiger partial charge in [0.15, 0.2) is 0 Å². The summed E-state index contributed by atoms with van der Waals surface area (Å²) in [5.74, 6) is -0.0980. The first kappa shape index (κ1) is 10.9. The summed E-state index contributed by atoms with van der Waals surface area (Å²) in [6, 6.07) is 0.604. The molecule has 15 heavy (non-hydrogen) atoms. The molecule has 3 N–H and O–H groups in total. The lowest BCUT2D eigenvalue weighted by Gasteiger charge is -2.29. The maximum atomic E-state index is 10.9. The molecule has 0 aromatic carbocycles. The lowest BCUT2D eigenvalue weighted by Crippen LogP contribution is -2.54. The number of aliphatic carboxylic acids is 1. The molecule has 2 rings (SSSR count). The molecule has 2 fully saturated rings. The third-order valence-electron chi connectivity index (χ3n) is 3.27. The van der Waals surface area contributed by atoms with Crippen molar-refractivity contribution in [1.82, 2.24) is 4.90 Å². The fraction of sp³-hybridized carbons (Fsp3) is 0.909. The van der Waals surface area contributed by atoms with Gasteiger partial charge in [0.25, 0.3) is 0 Å². The van der Waals surface area contributed by atoms with Crippen molar-refractivity contribution < 1.29 is 9.90 Å². The standard InChI is InChI=1S/C11H20N2O2/c1-11(12,10(14)15)7-13(9-4-5-9)6-8-2-3-8/h8-9H,2-7,12H2,1H3,(H,14,15). The van der Waals surface area contributed by atoms with Crippen LogP contribution in [0.15, 0.2) is 0 Å². The van der Waals surface area contributed by atoms with E-state index in [-0.39, 0.29) is 0 Å². The van der Waals surface area contributed by atoms with Crippen LogP contribution in [0, 0.1) is 5.92 Å². The monoisotopic (exact) mass is 212 g/mol. The van der Waals surface area contributed by atoms with Crippen molar-refractivity contribution in [3.8, 4) is 0 Å². The molecule has 0 heterocycles. The Morgan fingerprint density at radius 3 is 2.47 bits per heavy atom. The Bertz CT molecular complexity index is 257. The molecule has 0 amide bonds. The molecule has 0 radical (unpaired) electrons. The second-order valence-electron chi connectivity index (χ2n) is 5.33. The molecule has 0 saturated heterocycles. The number of hydrogen-bond acceptors (Lipinski definition) is 3. The van der Waals surface area contributed by atoms with Gasteiger partial charge in [0.05, 0.1) is 0 Å². The number of carboxylic acids is 1. The van der Waals surface area contributed by atoms with Crippen molar-refractivity contribution in [3.63, 3.8) is 0 Å². The Kier molecular flexibility index (Phi) is 2.73. The van der Waals surface area contributed by atoms with Crippen molar-refractivity contribution in [2.45, 2.75) is 44.2 Å². The van der Waals surface area contributed by atoms with E-state index in [9.17, 15) is 4.79 Å². The normalized spacial score (nSPS) is 25.3. The Morgan fingerprint density at radius 1 is 1.47 bits per heavy atom. The van der Waals surface area contributed by atoms with E-state index in [1.165, 1.54) is 25.7 Å². The summed E-state index contributed by atoms with van der Waals surface area (Å²) in [5, 5.41) is 8.99. The fourth-order valence-corrected chi connectivity index (χ4v) is 1.90. The first-order valence-corrected chi connectivity index (χ1v) is 5.75. The van der Waals surface area contributed by atoms with Crippen LogP contribution in [0.3, 0.4) is 0 Å². The van der Waals surface area contributed by atoms with Crippen LogP contribution in [-0.2, 0) is 4.79 Å². The second-order valence-corrected chi connectivity index (χ2v) is 5.33. The van der Waals surface area contributed by atoms with Crippen molar-refractivity contribution in [2.24, 2.45) is 11.7 Å². The first-order valence-electron chi connectivity index (χ1n) is 5.75. The summed E-state index contributed by atoms with van der Waals surface area (Å²) in [5.41, 5.74) is 4.68. The van der Waals surface area contributed by atoms with Gasteiger partial charge in [-0.2, -0.15) is 0 Å². The van der Waals surface area contributed by atoms with E-state index >= 15 is 0 Å². The van der Waals surface area contributed by atoms with Crippen molar-refractivity contribution >= 4 is 5.97 Å². The molecule has 0 spiro atoms. The van der Waals surface area contributed by atoms with E-state index < -0.39 is 11.5 Å². The van der Waals surface area contributed by atoms with Crippen LogP contribution >= 0.6 is 0 Å². The highest BCUT2D eigenvalue weighted by Gasteiger charge is 2.39. The summed E-state index contributed by atoms with van der Waals surface area (Å²) in [4.78, 5) is 13.2. The first-order chi connectivity index (χ1) is 6.99. The van der Waals surface area contributed by atoms with E-state index in [1.54, 1.807) is 6.92 Å². The van der Waals surface area contributed by atoms with Crippen molar-refractivity contribution in [2.75, 3.05) is 13.1 Å². The highest BCUT2D eigenvalue weighted by atomic mass is 16.4. The van der Waals surface area contributed by atoms with Gasteiger partial charge in [-0.3, -0.25) is 9.69 Å². The summed E-state index contributed by atoms with van der Waals surface area (Å²) in [6.07, 6.45) is 5.03. The minimum atomic E-state index is -1.10. The number of carboxylic acid groups (broad SMARTS) is 1. The zero-order valence-electron chi connectivity index (χ0n) is 9.28. The smallest absolute Gasteiger partial charge is 0.324 e. The molecule has 1 unspecified atom stereocenters. The van der Waals surface area contributed by atoms with Crippen LogP contribution in [0.25, 0.3) is 0 Å². The molecule has 2 aliphatic carbocycles. The Hall–Kier alpha value is -0.610. The second kappa shape index (κ2) is 3.76. The quantitative estimate of drug-likeness (QED) is 0.679. The number of hydrogen-bond donors (Lipinski definition) is 2. The van der Waals surface area contributed by atoms with Crippen LogP contribution in [0.2, 0.25) is 0 Å². The molecule has 2 aliphatic rings. The summed E-state index contributed by atoms with van der Waals surface area (Å²) in [6.45, 7) is 3.14. The molecular formula is C11H20N2O2. The molecule has 0 bridgehead atoms. The highest BCUT2D eigenvalue weighted by Crippen LogP contribution is 2.35. The van der Waals surface area contributed by atoms with E-state index in [0.29, 0.717) is 12.6 Å². The molecule has 4 heteroatoms. The van der Waals surface area contributed by atoms with Crippen LogP contribution in [0.4, 0.5) is 0 Å². The van der Waals surface area contributed by atoms with Gasteiger partial charge in [0.2, 0.25) is 0 Å². The van der Waals surface area contributed by atoms with Crippen LogP contribution in [-0.4, -0.2) is 40.6 Å². The molecule has 0 aromatic heterocycles. The van der Waals surface area contributed by atoms with E-state index in [2.05, 4.69) is 4.90 Å². The summed E-state index contributed by atoms with van der Waals surface area (Å²) >= 11 is 0. The zero-order valence-corrected chi connectivity index (χ0v) is 9.28. The lowest BCUT2D eigenvalue weighted by atomic mass is 10.0. The summed E-state index contributed by atoms with van der Waals surface area (Å²) in [7, 11) is 0. The third-order valence-corrected chi connectivity index (χ3v) is 3.27. The maximum absolute atomic E-state index is 10.9. The van der Waals surface area contributed by atoms with Crippen LogP contribution in [0.5, 0.6) is 0 Å². The average Bonchev–Trinajstić information content (AvgIpc) is 2.98. The van der Waals surface area contributed by atoms with Crippen molar-refractivity contribution in [3.05, 3.63) is 0 Å². The van der Waals surface area contributed by atoms with Gasteiger partial charge < -0.3 is 10.8 Å². The van der Waals surface area contributed by atoms with Gasteiger partial charge in [0.1, 0.15) is 5.54 Å². The van der Waals surface area contributed by atoms with Crippen LogP contribution in [0.1, 0.15) is 32.6 Å². The fourth-order valence-electron chi connectivity index (χ4n) is 1.90. The number of nitrogens with zero attached hydrogens (tertiary/aromatic N) is 1. The topological polar surface area (TPSA) is 66.6 Å². The predicted molar refractivity (Wildman–Crippen MR) is 57.5 cm³/mol. The van der Waals surface area contributed by atoms with Gasteiger partial charge in [-0.05, 0) is 38.5 Å². The Morgan fingerprint density at radius 2 is 2.07 bits per heavy atom. The molecule has 1 atom stereocenters. The zero-order chi connectivity index (χ0) is 11.1. The molecule has 2 saturated carbocycles. The molecule has 4 nitrogen and oxygen atoms in total. The van der Waals surface area contributed by atoms with E-state index in [4.69, 9.17) is 10.8 Å². The number of carbonyl (C=O) groups is 1. The Balaban J connectivity index is 1.89. The minimum absolute atomic E-state index is 0.490. The molecule has 0 aromatic rings. The highest BCUT2D eigenvalue weighted by molar-refractivity contribution is 5.78. The number of nitrogens with two attached hydrogens (primary N) is 1. The SMILES string of the molecule is CC(N)(CN(CC1CC1)C1CC1)C(=O)O. The molecule has 86 valence electrons. The van der Waals surface area contributed by atoms with Gasteiger partial charge in [-0.15, -0.1) is 0 Å². The van der Waals surface area contributed by atoms with Gasteiger partial charge in [-0.1, -0.05) is 0 Å². The minimum Gasteiger partial charge on any atom is -0.480 e. The number of rotatable bonds is 6. The molecular weight excluding hydrogens is 192 g/mol. The predicted octanol–water partition coefficient (Wildman–Crippen LogP) is 0.663. The Labute approximate surface area is 90.4 Å². The van der Waals surface area contributed by atoms with Gasteiger partial charge in [0, 0.05) is 19.1 Å². The third kappa shape index (κ3) is 2.92. The summed E-state index contributed by atoms with van der Waals surface area (Å²) < 4.78 is 0. The largest absolute Gasteiger partial charge is 0.480 e. The average molecular weight is 212 g/mol. The van der Waals surface area contributed by atoms with Gasteiger partial charge in [-0.25, -0.2) is 0 Å². The lowest BCUT2D eigenvalue weighted by molar-refractivity contribution is -0.143. The van der Waals surface area contributed by atoms with Crippen molar-refractivity contribution in [1.29, 1.82) is 0 Å². The maximum Gasteiger partial charge on any atom is 0.324 e. The van der Waals surface area contributed by atoms with E-state index in [0.717, 1.165) is 12.5 Å². The molecule has 0 aliphatic heterocycles. The van der Waals surface area contributed by atoms with Crippen LogP contribution < -0.4 is 5.73 Å². The van der Waals surface area contributed by atoms with E-state index in [1.807, 2.05) is 0 Å².